The average molecular weight is 329 g/mol. The summed E-state index contributed by atoms with van der Waals surface area (Å²) in [5.41, 5.74) is 1.18. The van der Waals surface area contributed by atoms with Crippen molar-refractivity contribution >= 4 is 27.2 Å². The monoisotopic (exact) mass is 329 g/mol. The molecule has 0 spiro atoms. The van der Waals surface area contributed by atoms with Crippen LogP contribution in [0.5, 0.6) is 5.75 Å². The molecule has 0 saturated carbocycles. The van der Waals surface area contributed by atoms with Crippen molar-refractivity contribution in [3.05, 3.63) is 59.8 Å². The predicted molar refractivity (Wildman–Crippen MR) is 87.6 cm³/mol. The van der Waals surface area contributed by atoms with Gasteiger partial charge in [0.05, 0.1) is 17.5 Å². The number of carbonyl (C=O) groups excluding carboxylic acids is 1. The quantitative estimate of drug-likeness (QED) is 0.690. The number of carbonyl (C=O) groups is 1. The molecule has 0 amide bonds. The van der Waals surface area contributed by atoms with Crippen LogP contribution in [0.15, 0.2) is 53.4 Å². The summed E-state index contributed by atoms with van der Waals surface area (Å²) in [5.74, 6) is 0.565. The third-order valence-corrected chi connectivity index (χ3v) is 5.63. The van der Waals surface area contributed by atoms with E-state index in [-0.39, 0.29) is 4.90 Å². The van der Waals surface area contributed by atoms with Crippen molar-refractivity contribution in [2.45, 2.75) is 11.8 Å². The zero-order chi connectivity index (χ0) is 16.6. The van der Waals surface area contributed by atoms with E-state index in [2.05, 4.69) is 0 Å². The fraction of sp³-hybridized carbons (Fsp3) is 0.118. The number of rotatable bonds is 4. The second-order valence-electron chi connectivity index (χ2n) is 5.08. The van der Waals surface area contributed by atoms with Crippen molar-refractivity contribution in [2.24, 2.45) is 0 Å². The maximum Gasteiger partial charge on any atom is 0.268 e. The van der Waals surface area contributed by atoms with Gasteiger partial charge in [-0.15, -0.1) is 0 Å². The maximum atomic E-state index is 13.0. The van der Waals surface area contributed by atoms with Crippen LogP contribution in [0.2, 0.25) is 0 Å². The van der Waals surface area contributed by atoms with Crippen molar-refractivity contribution in [1.29, 1.82) is 0 Å². The summed E-state index contributed by atoms with van der Waals surface area (Å²) >= 11 is 0. The van der Waals surface area contributed by atoms with Gasteiger partial charge in [-0.2, -0.15) is 0 Å². The second kappa shape index (κ2) is 5.55. The van der Waals surface area contributed by atoms with Crippen LogP contribution in [-0.4, -0.2) is 25.8 Å². The van der Waals surface area contributed by atoms with Crippen LogP contribution in [-0.2, 0) is 10.0 Å². The van der Waals surface area contributed by atoms with Gasteiger partial charge < -0.3 is 4.74 Å². The first-order valence-corrected chi connectivity index (χ1v) is 8.39. The molecule has 3 rings (SSSR count). The number of hydrogen-bond acceptors (Lipinski definition) is 4. The predicted octanol–water partition coefficient (Wildman–Crippen LogP) is 3.01. The number of benzene rings is 2. The smallest absolute Gasteiger partial charge is 0.268 e. The molecule has 6 heteroatoms. The molecule has 0 atom stereocenters. The largest absolute Gasteiger partial charge is 0.497 e. The number of aromatic nitrogens is 1. The fourth-order valence-electron chi connectivity index (χ4n) is 2.68. The molecule has 0 unspecified atom stereocenters. The molecule has 2 aromatic carbocycles. The molecule has 5 nitrogen and oxygen atoms in total. The Morgan fingerprint density at radius 2 is 1.78 bits per heavy atom. The van der Waals surface area contributed by atoms with E-state index in [9.17, 15) is 13.2 Å². The van der Waals surface area contributed by atoms with Gasteiger partial charge >= 0.3 is 0 Å². The fourth-order valence-corrected chi connectivity index (χ4v) is 4.27. The molecule has 0 saturated heterocycles. The van der Waals surface area contributed by atoms with E-state index in [0.29, 0.717) is 34.2 Å². The van der Waals surface area contributed by atoms with E-state index in [0.717, 1.165) is 0 Å². The maximum absolute atomic E-state index is 13.0. The lowest BCUT2D eigenvalue weighted by Gasteiger charge is -2.10. The van der Waals surface area contributed by atoms with E-state index in [4.69, 9.17) is 4.74 Å². The first kappa shape index (κ1) is 15.3. The van der Waals surface area contributed by atoms with E-state index < -0.39 is 10.0 Å². The first-order valence-electron chi connectivity index (χ1n) is 6.95. The molecule has 0 aliphatic carbocycles. The standard InChI is InChI=1S/C17H15NO4S/c1-12-16(11-19)15-10-13(22-2)8-9-17(15)18(12)23(20,21)14-6-4-3-5-7-14/h3-11H,1-2H3. The minimum absolute atomic E-state index is 0.174. The van der Waals surface area contributed by atoms with E-state index in [1.807, 2.05) is 0 Å². The van der Waals surface area contributed by atoms with Gasteiger partial charge in [-0.25, -0.2) is 12.4 Å². The molecule has 0 radical (unpaired) electrons. The van der Waals surface area contributed by atoms with Crippen molar-refractivity contribution in [2.75, 3.05) is 7.11 Å². The number of nitrogens with zero attached hydrogens (tertiary/aromatic N) is 1. The zero-order valence-electron chi connectivity index (χ0n) is 12.7. The molecular formula is C17H15NO4S. The lowest BCUT2D eigenvalue weighted by Crippen LogP contribution is -2.14. The topological polar surface area (TPSA) is 65.4 Å². The Hall–Kier alpha value is -2.60. The van der Waals surface area contributed by atoms with E-state index in [1.165, 1.54) is 23.2 Å². The number of hydrogen-bond donors (Lipinski definition) is 0. The van der Waals surface area contributed by atoms with Gasteiger partial charge in [0.2, 0.25) is 0 Å². The summed E-state index contributed by atoms with van der Waals surface area (Å²) in [4.78, 5) is 11.6. The van der Waals surface area contributed by atoms with E-state index >= 15 is 0 Å². The summed E-state index contributed by atoms with van der Waals surface area (Å²) in [6.07, 6.45) is 0.675. The molecule has 118 valence electrons. The SMILES string of the molecule is COc1ccc2c(c1)c(C=O)c(C)n2S(=O)(=O)c1ccccc1. The van der Waals surface area contributed by atoms with Gasteiger partial charge in [0.1, 0.15) is 5.75 Å². The van der Waals surface area contributed by atoms with Gasteiger partial charge in [0, 0.05) is 16.6 Å². The highest BCUT2D eigenvalue weighted by Gasteiger charge is 2.24. The highest BCUT2D eigenvalue weighted by atomic mass is 32.2. The normalized spacial score (nSPS) is 11.6. The Morgan fingerprint density at radius 3 is 2.39 bits per heavy atom. The van der Waals surface area contributed by atoms with Crippen LogP contribution >= 0.6 is 0 Å². The Balaban J connectivity index is 2.39. The molecule has 0 aliphatic rings. The van der Waals surface area contributed by atoms with Crippen molar-refractivity contribution < 1.29 is 17.9 Å². The summed E-state index contributed by atoms with van der Waals surface area (Å²) in [6.45, 7) is 1.62. The number of aldehydes is 1. The van der Waals surface area contributed by atoms with Gasteiger partial charge in [0.25, 0.3) is 10.0 Å². The summed E-state index contributed by atoms with van der Waals surface area (Å²) in [7, 11) is -2.27. The zero-order valence-corrected chi connectivity index (χ0v) is 13.5. The highest BCUT2D eigenvalue weighted by Crippen LogP contribution is 2.31. The second-order valence-corrected chi connectivity index (χ2v) is 6.87. The third kappa shape index (κ3) is 2.31. The van der Waals surface area contributed by atoms with Gasteiger partial charge in [-0.1, -0.05) is 18.2 Å². The minimum atomic E-state index is -3.79. The van der Waals surface area contributed by atoms with Gasteiger partial charge in [-0.05, 0) is 37.3 Å². The molecular weight excluding hydrogens is 314 g/mol. The van der Waals surface area contributed by atoms with Crippen LogP contribution in [0, 0.1) is 6.92 Å². The lowest BCUT2D eigenvalue weighted by molar-refractivity contribution is 0.112. The Kier molecular flexibility index (Phi) is 3.69. The first-order chi connectivity index (χ1) is 11.0. The van der Waals surface area contributed by atoms with Crippen LogP contribution in [0.3, 0.4) is 0 Å². The third-order valence-electron chi connectivity index (χ3n) is 3.81. The summed E-state index contributed by atoms with van der Waals surface area (Å²) in [5, 5.41) is 0.552. The molecule has 0 bridgehead atoms. The van der Waals surface area contributed by atoms with Crippen LogP contribution < -0.4 is 4.74 Å². The molecule has 0 N–H and O–H groups in total. The van der Waals surface area contributed by atoms with Gasteiger partial charge in [0.15, 0.2) is 6.29 Å². The van der Waals surface area contributed by atoms with E-state index in [1.54, 1.807) is 43.3 Å². The van der Waals surface area contributed by atoms with Gasteiger partial charge in [-0.3, -0.25) is 4.79 Å². The minimum Gasteiger partial charge on any atom is -0.497 e. The Morgan fingerprint density at radius 1 is 1.09 bits per heavy atom. The molecule has 1 aromatic heterocycles. The van der Waals surface area contributed by atoms with Crippen LogP contribution in [0.25, 0.3) is 10.9 Å². The van der Waals surface area contributed by atoms with Crippen molar-refractivity contribution in [3.8, 4) is 5.75 Å². The molecule has 0 fully saturated rings. The van der Waals surface area contributed by atoms with Crippen molar-refractivity contribution in [3.63, 3.8) is 0 Å². The number of methoxy groups -OCH3 is 1. The van der Waals surface area contributed by atoms with Crippen LogP contribution in [0.1, 0.15) is 16.1 Å². The van der Waals surface area contributed by atoms with Crippen LogP contribution in [0.4, 0.5) is 0 Å². The summed E-state index contributed by atoms with van der Waals surface area (Å²) < 4.78 is 32.3. The average Bonchev–Trinajstić information content (AvgIpc) is 2.86. The number of ether oxygens (including phenoxy) is 1. The lowest BCUT2D eigenvalue weighted by atomic mass is 10.1. The molecule has 1 heterocycles. The molecule has 23 heavy (non-hydrogen) atoms. The number of fused-ring (bicyclic) bond motifs is 1. The Labute approximate surface area is 134 Å². The highest BCUT2D eigenvalue weighted by molar-refractivity contribution is 7.90. The molecule has 3 aromatic rings. The summed E-state index contributed by atoms with van der Waals surface area (Å²) in [6, 6.07) is 13.1. The Bertz CT molecular complexity index is 988. The molecule has 0 aliphatic heterocycles. The van der Waals surface area contributed by atoms with Crippen molar-refractivity contribution in [1.82, 2.24) is 3.97 Å².